The molecule has 0 bridgehead atoms. The smallest absolute Gasteiger partial charge is 0.263 e. The first-order valence-corrected chi connectivity index (χ1v) is 11.4. The van der Waals surface area contributed by atoms with E-state index < -0.39 is 0 Å². The highest BCUT2D eigenvalue weighted by Gasteiger charge is 2.26. The highest BCUT2D eigenvalue weighted by atomic mass is 32.2. The summed E-state index contributed by atoms with van der Waals surface area (Å²) < 4.78 is 1.81. The number of nitrogens with zero attached hydrogens (tertiary/aromatic N) is 2. The lowest BCUT2D eigenvalue weighted by Crippen LogP contribution is -2.24. The number of aryl methyl sites for hydroxylation is 3. The van der Waals surface area contributed by atoms with Crippen LogP contribution in [0.1, 0.15) is 47.8 Å². The minimum absolute atomic E-state index is 0.0332. The summed E-state index contributed by atoms with van der Waals surface area (Å²) in [5.41, 5.74) is 3.38. The summed E-state index contributed by atoms with van der Waals surface area (Å²) in [7, 11) is 0. The predicted molar refractivity (Wildman–Crippen MR) is 117 cm³/mol. The maximum atomic E-state index is 13.5. The second-order valence-corrected chi connectivity index (χ2v) is 9.83. The molecule has 1 aliphatic carbocycles. The zero-order valence-corrected chi connectivity index (χ0v) is 18.1. The Balaban J connectivity index is 1.82. The minimum Gasteiger partial charge on any atom is -0.300 e. The van der Waals surface area contributed by atoms with Crippen LogP contribution < -0.4 is 5.56 Å². The van der Waals surface area contributed by atoms with Crippen molar-refractivity contribution < 1.29 is 4.79 Å². The monoisotopic (exact) mass is 412 g/mol. The van der Waals surface area contributed by atoms with E-state index in [0.717, 1.165) is 39.3 Å². The number of benzene rings is 1. The molecule has 1 atom stereocenters. The summed E-state index contributed by atoms with van der Waals surface area (Å²) in [4.78, 5) is 32.1. The molecule has 0 amide bonds. The summed E-state index contributed by atoms with van der Waals surface area (Å²) in [6, 6.07) is 8.27. The largest absolute Gasteiger partial charge is 0.300 e. The second-order valence-electron chi connectivity index (χ2n) is 7.48. The number of aromatic nitrogens is 2. The number of hydrogen-bond donors (Lipinski definition) is 0. The lowest BCUT2D eigenvalue weighted by atomic mass is 10.1. The quantitative estimate of drug-likeness (QED) is 0.559. The predicted octanol–water partition coefficient (Wildman–Crippen LogP) is 4.90. The van der Waals surface area contributed by atoms with Gasteiger partial charge >= 0.3 is 0 Å². The summed E-state index contributed by atoms with van der Waals surface area (Å²) in [6.07, 6.45) is 2.99. The number of fused-ring (bicyclic) bond motifs is 1. The SMILES string of the molecule is CCc1sc2nc(SC3CCC(=O)C3)n(Cc3ccc(C)cc3)c(=O)c2c1C. The van der Waals surface area contributed by atoms with E-state index in [1.165, 1.54) is 10.4 Å². The minimum atomic E-state index is 0.0332. The van der Waals surface area contributed by atoms with Crippen LogP contribution in [-0.2, 0) is 17.8 Å². The van der Waals surface area contributed by atoms with Crippen LogP contribution in [-0.4, -0.2) is 20.6 Å². The van der Waals surface area contributed by atoms with Gasteiger partial charge < -0.3 is 0 Å². The number of thiophene rings is 1. The molecule has 0 aliphatic heterocycles. The van der Waals surface area contributed by atoms with Gasteiger partial charge in [-0.25, -0.2) is 4.98 Å². The first kappa shape index (κ1) is 19.4. The Morgan fingerprint density at radius 3 is 2.61 bits per heavy atom. The van der Waals surface area contributed by atoms with Gasteiger partial charge in [0.05, 0.1) is 11.9 Å². The van der Waals surface area contributed by atoms with Gasteiger partial charge in [0, 0.05) is 23.0 Å². The zero-order valence-electron chi connectivity index (χ0n) is 16.4. The second kappa shape index (κ2) is 7.84. The van der Waals surface area contributed by atoms with Gasteiger partial charge in [0.15, 0.2) is 5.16 Å². The van der Waals surface area contributed by atoms with Gasteiger partial charge in [-0.05, 0) is 37.8 Å². The van der Waals surface area contributed by atoms with E-state index >= 15 is 0 Å². The van der Waals surface area contributed by atoms with E-state index in [2.05, 4.69) is 38.1 Å². The average molecular weight is 413 g/mol. The summed E-state index contributed by atoms with van der Waals surface area (Å²) in [5, 5.41) is 1.70. The molecule has 4 rings (SSSR count). The van der Waals surface area contributed by atoms with E-state index in [9.17, 15) is 9.59 Å². The van der Waals surface area contributed by atoms with E-state index in [1.54, 1.807) is 27.7 Å². The number of rotatable bonds is 5. The maximum Gasteiger partial charge on any atom is 0.263 e. The first-order chi connectivity index (χ1) is 13.5. The van der Waals surface area contributed by atoms with Gasteiger partial charge in [-0.3, -0.25) is 14.2 Å². The Labute approximate surface area is 173 Å². The molecule has 4 nitrogen and oxygen atoms in total. The van der Waals surface area contributed by atoms with E-state index in [1.807, 2.05) is 6.92 Å². The first-order valence-electron chi connectivity index (χ1n) is 9.73. The molecular formula is C22H24N2O2S2. The van der Waals surface area contributed by atoms with Gasteiger partial charge in [-0.2, -0.15) is 0 Å². The topological polar surface area (TPSA) is 52.0 Å². The van der Waals surface area contributed by atoms with Crippen molar-refractivity contribution in [3.63, 3.8) is 0 Å². The Kier molecular flexibility index (Phi) is 5.43. The van der Waals surface area contributed by atoms with Crippen LogP contribution in [0.4, 0.5) is 0 Å². The van der Waals surface area contributed by atoms with Crippen LogP contribution in [0.25, 0.3) is 10.2 Å². The number of hydrogen-bond acceptors (Lipinski definition) is 5. The maximum absolute atomic E-state index is 13.5. The number of ketones is 1. The highest BCUT2D eigenvalue weighted by Crippen LogP contribution is 2.35. The normalized spacial score (nSPS) is 17.0. The third kappa shape index (κ3) is 3.67. The van der Waals surface area contributed by atoms with E-state index in [0.29, 0.717) is 25.2 Å². The van der Waals surface area contributed by atoms with Gasteiger partial charge in [0.2, 0.25) is 0 Å². The molecule has 2 aromatic heterocycles. The zero-order chi connectivity index (χ0) is 19.8. The molecule has 3 aromatic rings. The fourth-order valence-electron chi connectivity index (χ4n) is 3.72. The average Bonchev–Trinajstić information content (AvgIpc) is 3.22. The Bertz CT molecular complexity index is 1100. The summed E-state index contributed by atoms with van der Waals surface area (Å²) >= 11 is 3.22. The van der Waals surface area contributed by atoms with Crippen LogP contribution in [0, 0.1) is 13.8 Å². The lowest BCUT2D eigenvalue weighted by Gasteiger charge is -2.15. The van der Waals surface area contributed by atoms with Crippen molar-refractivity contribution >= 4 is 39.1 Å². The molecule has 2 heterocycles. The molecule has 1 fully saturated rings. The Morgan fingerprint density at radius 1 is 1.21 bits per heavy atom. The van der Waals surface area contributed by atoms with Crippen molar-refractivity contribution in [1.29, 1.82) is 0 Å². The van der Waals surface area contributed by atoms with Crippen LogP contribution in [0.15, 0.2) is 34.2 Å². The highest BCUT2D eigenvalue weighted by molar-refractivity contribution is 7.99. The van der Waals surface area contributed by atoms with Crippen LogP contribution in [0.2, 0.25) is 0 Å². The standard InChI is InChI=1S/C22H24N2O2S2/c1-4-18-14(3)19-20(28-18)23-22(27-17-10-9-16(25)11-17)24(21(19)26)12-15-7-5-13(2)6-8-15/h5-8,17H,4,9-12H2,1-3H3. The number of Topliss-reactive ketones (excluding diaryl/α,β-unsaturated/α-hetero) is 1. The Hall–Kier alpha value is -1.92. The van der Waals surface area contributed by atoms with Crippen molar-refractivity contribution in [2.24, 2.45) is 0 Å². The molecule has 146 valence electrons. The van der Waals surface area contributed by atoms with Gasteiger partial charge in [0.25, 0.3) is 5.56 Å². The third-order valence-corrected chi connectivity index (χ3v) is 7.96. The molecule has 1 unspecified atom stereocenters. The molecule has 0 radical (unpaired) electrons. The molecule has 6 heteroatoms. The van der Waals surface area contributed by atoms with Crippen LogP contribution in [0.3, 0.4) is 0 Å². The molecule has 1 saturated carbocycles. The molecule has 0 N–H and O–H groups in total. The van der Waals surface area contributed by atoms with Crippen LogP contribution >= 0.6 is 23.1 Å². The number of carbonyl (C=O) groups is 1. The van der Waals surface area contributed by atoms with Crippen molar-refractivity contribution in [3.05, 3.63) is 56.2 Å². The molecule has 0 spiro atoms. The number of carbonyl (C=O) groups excluding carboxylic acids is 1. The van der Waals surface area contributed by atoms with Crippen molar-refractivity contribution in [1.82, 2.24) is 9.55 Å². The lowest BCUT2D eigenvalue weighted by molar-refractivity contribution is -0.117. The van der Waals surface area contributed by atoms with Crippen LogP contribution in [0.5, 0.6) is 0 Å². The van der Waals surface area contributed by atoms with E-state index in [-0.39, 0.29) is 10.8 Å². The van der Waals surface area contributed by atoms with Crippen molar-refractivity contribution in [3.8, 4) is 0 Å². The van der Waals surface area contributed by atoms with Gasteiger partial charge in [-0.1, -0.05) is 48.5 Å². The molecule has 1 aliphatic rings. The molecule has 28 heavy (non-hydrogen) atoms. The summed E-state index contributed by atoms with van der Waals surface area (Å²) in [5.74, 6) is 0.311. The number of thioether (sulfide) groups is 1. The van der Waals surface area contributed by atoms with Crippen molar-refractivity contribution in [2.45, 2.75) is 63.4 Å². The van der Waals surface area contributed by atoms with Gasteiger partial charge in [-0.15, -0.1) is 11.3 Å². The van der Waals surface area contributed by atoms with Gasteiger partial charge in [0.1, 0.15) is 10.6 Å². The Morgan fingerprint density at radius 2 is 1.96 bits per heavy atom. The van der Waals surface area contributed by atoms with E-state index in [4.69, 9.17) is 4.98 Å². The molecular weight excluding hydrogens is 388 g/mol. The van der Waals surface area contributed by atoms with Crippen molar-refractivity contribution in [2.75, 3.05) is 0 Å². The fraction of sp³-hybridized carbons (Fsp3) is 0.409. The third-order valence-electron chi connectivity index (χ3n) is 5.37. The molecule has 1 aromatic carbocycles. The summed E-state index contributed by atoms with van der Waals surface area (Å²) in [6.45, 7) is 6.70. The fourth-order valence-corrected chi connectivity index (χ4v) is 6.10. The molecule has 0 saturated heterocycles.